The van der Waals surface area contributed by atoms with Crippen molar-refractivity contribution in [2.45, 2.75) is 26.2 Å². The molecule has 0 spiro atoms. The van der Waals surface area contributed by atoms with Crippen molar-refractivity contribution >= 4 is 28.9 Å². The first kappa shape index (κ1) is 15.8. The first-order valence-electron chi connectivity index (χ1n) is 6.56. The van der Waals surface area contributed by atoms with Gasteiger partial charge in [-0.25, -0.2) is 0 Å². The van der Waals surface area contributed by atoms with Crippen LogP contribution >= 0.6 is 11.6 Å². The van der Waals surface area contributed by atoms with Gasteiger partial charge in [-0.15, -0.1) is 0 Å². The number of carbonyl (C=O) groups excluding carboxylic acids is 1. The molecule has 0 radical (unpaired) electrons. The molecule has 1 aromatic carbocycles. The van der Waals surface area contributed by atoms with E-state index in [-0.39, 0.29) is 5.91 Å². The molecule has 0 aromatic heterocycles. The Morgan fingerprint density at radius 1 is 1.42 bits per heavy atom. The Hall–Kier alpha value is -1.26. The molecule has 0 aliphatic heterocycles. The molecule has 0 aliphatic carbocycles. The summed E-state index contributed by atoms with van der Waals surface area (Å²) < 4.78 is 0. The number of hydrogen-bond acceptors (Lipinski definition) is 3. The zero-order chi connectivity index (χ0) is 14.3. The van der Waals surface area contributed by atoms with Crippen LogP contribution in [0.15, 0.2) is 18.2 Å². The minimum atomic E-state index is -0.0642. The fourth-order valence-corrected chi connectivity index (χ4v) is 2.01. The van der Waals surface area contributed by atoms with Crippen molar-refractivity contribution in [3.05, 3.63) is 23.2 Å². The Bertz CT molecular complexity index is 423. The van der Waals surface area contributed by atoms with E-state index in [1.807, 2.05) is 11.9 Å². The van der Waals surface area contributed by atoms with Gasteiger partial charge < -0.3 is 11.1 Å². The van der Waals surface area contributed by atoms with Crippen molar-refractivity contribution in [1.82, 2.24) is 4.90 Å². The number of unbranched alkanes of at least 4 members (excludes halogenated alkanes) is 2. The molecule has 5 heteroatoms. The molecule has 0 aliphatic rings. The van der Waals surface area contributed by atoms with Gasteiger partial charge in [-0.2, -0.15) is 0 Å². The summed E-state index contributed by atoms with van der Waals surface area (Å²) >= 11 is 6.00. The average molecular weight is 284 g/mol. The maximum absolute atomic E-state index is 11.9. The third kappa shape index (κ3) is 5.94. The number of nitrogens with one attached hydrogen (secondary N) is 1. The topological polar surface area (TPSA) is 58.4 Å². The largest absolute Gasteiger partial charge is 0.399 e. The van der Waals surface area contributed by atoms with Crippen LogP contribution in [-0.4, -0.2) is 30.9 Å². The number of anilines is 2. The molecule has 106 valence electrons. The molecule has 0 bridgehead atoms. The van der Waals surface area contributed by atoms with E-state index < -0.39 is 0 Å². The van der Waals surface area contributed by atoms with Gasteiger partial charge in [0.2, 0.25) is 5.91 Å². The van der Waals surface area contributed by atoms with Crippen molar-refractivity contribution in [2.75, 3.05) is 31.2 Å². The number of carbonyl (C=O) groups is 1. The van der Waals surface area contributed by atoms with Gasteiger partial charge in [0.05, 0.1) is 17.3 Å². The van der Waals surface area contributed by atoms with Crippen molar-refractivity contribution in [3.63, 3.8) is 0 Å². The van der Waals surface area contributed by atoms with Crippen molar-refractivity contribution in [2.24, 2.45) is 0 Å². The number of rotatable bonds is 7. The molecule has 0 unspecified atom stereocenters. The lowest BCUT2D eigenvalue weighted by Crippen LogP contribution is -2.31. The van der Waals surface area contributed by atoms with Crippen LogP contribution in [0.1, 0.15) is 26.2 Å². The maximum atomic E-state index is 11.9. The number of likely N-dealkylation sites (N-methyl/N-ethyl adjacent to an activating group) is 1. The van der Waals surface area contributed by atoms with E-state index in [9.17, 15) is 4.79 Å². The zero-order valence-electron chi connectivity index (χ0n) is 11.6. The van der Waals surface area contributed by atoms with Crippen LogP contribution in [0.5, 0.6) is 0 Å². The first-order valence-corrected chi connectivity index (χ1v) is 6.94. The van der Waals surface area contributed by atoms with E-state index in [0.717, 1.165) is 13.0 Å². The zero-order valence-corrected chi connectivity index (χ0v) is 12.3. The van der Waals surface area contributed by atoms with Gasteiger partial charge in [0.1, 0.15) is 0 Å². The fraction of sp³-hybridized carbons (Fsp3) is 0.500. The minimum Gasteiger partial charge on any atom is -0.399 e. The van der Waals surface area contributed by atoms with E-state index in [1.54, 1.807) is 18.2 Å². The predicted molar refractivity (Wildman–Crippen MR) is 81.5 cm³/mol. The number of nitrogens with two attached hydrogens (primary N) is 1. The van der Waals surface area contributed by atoms with Gasteiger partial charge in [-0.05, 0) is 38.2 Å². The smallest absolute Gasteiger partial charge is 0.238 e. The van der Waals surface area contributed by atoms with E-state index in [4.69, 9.17) is 17.3 Å². The summed E-state index contributed by atoms with van der Waals surface area (Å²) in [5, 5.41) is 3.25. The summed E-state index contributed by atoms with van der Waals surface area (Å²) in [6.07, 6.45) is 3.49. The van der Waals surface area contributed by atoms with Gasteiger partial charge in [0, 0.05) is 5.69 Å². The highest BCUT2D eigenvalue weighted by atomic mass is 35.5. The second-order valence-electron chi connectivity index (χ2n) is 4.73. The van der Waals surface area contributed by atoms with Crippen molar-refractivity contribution < 1.29 is 4.79 Å². The van der Waals surface area contributed by atoms with Crippen LogP contribution in [0, 0.1) is 0 Å². The van der Waals surface area contributed by atoms with Crippen LogP contribution in [0.2, 0.25) is 5.02 Å². The number of benzene rings is 1. The Morgan fingerprint density at radius 2 is 2.16 bits per heavy atom. The highest BCUT2D eigenvalue weighted by Crippen LogP contribution is 2.23. The molecule has 4 nitrogen and oxygen atoms in total. The standard InChI is InChI=1S/C14H22ClN3O/c1-3-4-5-8-18(2)10-14(19)17-13-7-6-11(16)9-12(13)15/h6-7,9H,3-5,8,10,16H2,1-2H3,(H,17,19). The Morgan fingerprint density at radius 3 is 2.79 bits per heavy atom. The van der Waals surface area contributed by atoms with Gasteiger partial charge in [-0.3, -0.25) is 9.69 Å². The molecular formula is C14H22ClN3O. The van der Waals surface area contributed by atoms with Crippen LogP contribution in [0.4, 0.5) is 11.4 Å². The van der Waals surface area contributed by atoms with E-state index in [0.29, 0.717) is 22.9 Å². The van der Waals surface area contributed by atoms with Crippen LogP contribution in [-0.2, 0) is 4.79 Å². The molecule has 1 aromatic rings. The number of nitrogen functional groups attached to an aromatic ring is 1. The molecule has 1 amide bonds. The second-order valence-corrected chi connectivity index (χ2v) is 5.14. The van der Waals surface area contributed by atoms with Crippen LogP contribution in [0.3, 0.4) is 0 Å². The second kappa shape index (κ2) is 8.02. The highest BCUT2D eigenvalue weighted by Gasteiger charge is 2.08. The lowest BCUT2D eigenvalue weighted by atomic mass is 10.2. The lowest BCUT2D eigenvalue weighted by Gasteiger charge is -2.16. The number of nitrogens with zero attached hydrogens (tertiary/aromatic N) is 1. The summed E-state index contributed by atoms with van der Waals surface area (Å²) in [4.78, 5) is 13.9. The molecule has 0 saturated heterocycles. The van der Waals surface area contributed by atoms with E-state index >= 15 is 0 Å². The van der Waals surface area contributed by atoms with Gasteiger partial charge in [0.25, 0.3) is 0 Å². The first-order chi connectivity index (χ1) is 9.02. The third-order valence-electron chi connectivity index (χ3n) is 2.82. The Labute approximate surface area is 119 Å². The van der Waals surface area contributed by atoms with Gasteiger partial charge in [0.15, 0.2) is 0 Å². The number of amides is 1. The molecule has 0 atom stereocenters. The van der Waals surface area contributed by atoms with E-state index in [1.165, 1.54) is 12.8 Å². The number of halogens is 1. The molecule has 3 N–H and O–H groups in total. The predicted octanol–water partition coefficient (Wildman–Crippen LogP) is 2.98. The Kier molecular flexibility index (Phi) is 6.67. The van der Waals surface area contributed by atoms with E-state index in [2.05, 4.69) is 12.2 Å². The lowest BCUT2D eigenvalue weighted by molar-refractivity contribution is -0.117. The van der Waals surface area contributed by atoms with Gasteiger partial charge in [-0.1, -0.05) is 31.4 Å². The fourth-order valence-electron chi connectivity index (χ4n) is 1.78. The van der Waals surface area contributed by atoms with Gasteiger partial charge >= 0.3 is 0 Å². The molecular weight excluding hydrogens is 262 g/mol. The summed E-state index contributed by atoms with van der Waals surface area (Å²) in [7, 11) is 1.94. The monoisotopic (exact) mass is 283 g/mol. The molecule has 0 fully saturated rings. The summed E-state index contributed by atoms with van der Waals surface area (Å²) in [5.74, 6) is -0.0642. The maximum Gasteiger partial charge on any atom is 0.238 e. The average Bonchev–Trinajstić information content (AvgIpc) is 2.33. The summed E-state index contributed by atoms with van der Waals surface area (Å²) in [6, 6.07) is 5.06. The minimum absolute atomic E-state index is 0.0642. The number of hydrogen-bond donors (Lipinski definition) is 2. The van der Waals surface area contributed by atoms with Crippen molar-refractivity contribution in [3.8, 4) is 0 Å². The van der Waals surface area contributed by atoms with Crippen LogP contribution in [0.25, 0.3) is 0 Å². The molecule has 0 heterocycles. The third-order valence-corrected chi connectivity index (χ3v) is 3.14. The summed E-state index contributed by atoms with van der Waals surface area (Å²) in [5.41, 5.74) is 6.78. The van der Waals surface area contributed by atoms with Crippen LogP contribution < -0.4 is 11.1 Å². The molecule has 19 heavy (non-hydrogen) atoms. The SMILES string of the molecule is CCCCCN(C)CC(=O)Nc1ccc(N)cc1Cl. The quantitative estimate of drug-likeness (QED) is 0.597. The molecule has 1 rings (SSSR count). The normalized spacial score (nSPS) is 10.7. The van der Waals surface area contributed by atoms with Crippen molar-refractivity contribution in [1.29, 1.82) is 0 Å². The molecule has 0 saturated carbocycles. The Balaban J connectivity index is 2.42. The summed E-state index contributed by atoms with van der Waals surface area (Å²) in [6.45, 7) is 3.46. The highest BCUT2D eigenvalue weighted by molar-refractivity contribution is 6.34.